The van der Waals surface area contributed by atoms with Crippen LogP contribution in [0.4, 0.5) is 5.13 Å². The van der Waals surface area contributed by atoms with Gasteiger partial charge in [0.05, 0.1) is 20.3 Å². The van der Waals surface area contributed by atoms with Crippen LogP contribution < -0.4 is 4.90 Å². The number of carbonyl (C=O) groups is 1. The van der Waals surface area contributed by atoms with Gasteiger partial charge in [-0.25, -0.2) is 14.9 Å². The van der Waals surface area contributed by atoms with Crippen LogP contribution in [0.3, 0.4) is 0 Å². The number of phenolic OH excluding ortho intramolecular Hbond substituents is 1. The van der Waals surface area contributed by atoms with Crippen molar-refractivity contribution in [2.45, 2.75) is 0 Å². The number of thiazole rings is 1. The van der Waals surface area contributed by atoms with Gasteiger partial charge in [-0.1, -0.05) is 83.1 Å². The molecule has 1 amide bonds. The number of para-hydroxylation sites is 1. The largest absolute Gasteiger partial charge is 0.507 e. The molecule has 5 rings (SSSR count). The number of nitrogens with zero attached hydrogens (tertiary/aromatic N) is 3. The highest BCUT2D eigenvalue weighted by molar-refractivity contribution is 7.22. The van der Waals surface area contributed by atoms with Gasteiger partial charge in [-0.2, -0.15) is 0 Å². The fourth-order valence-corrected chi connectivity index (χ4v) is 4.61. The van der Waals surface area contributed by atoms with Crippen LogP contribution in [0.5, 0.6) is 5.75 Å². The van der Waals surface area contributed by atoms with E-state index in [1.807, 2.05) is 30.3 Å². The molecule has 1 aliphatic heterocycles. The molecule has 1 N–H and O–H groups in total. The first kappa shape index (κ1) is 19.8. The minimum Gasteiger partial charge on any atom is -0.507 e. The van der Waals surface area contributed by atoms with Crippen molar-refractivity contribution in [1.82, 2.24) is 4.98 Å². The van der Waals surface area contributed by atoms with Crippen molar-refractivity contribution in [2.75, 3.05) is 4.90 Å². The van der Waals surface area contributed by atoms with E-state index in [2.05, 4.69) is 9.98 Å². The van der Waals surface area contributed by atoms with Gasteiger partial charge in [-0.3, -0.25) is 4.79 Å². The molecule has 0 spiro atoms. The lowest BCUT2D eigenvalue weighted by Gasteiger charge is -2.14. The summed E-state index contributed by atoms with van der Waals surface area (Å²) in [6.07, 6.45) is 1.57. The van der Waals surface area contributed by atoms with Crippen molar-refractivity contribution in [3.05, 3.63) is 93.6 Å². The molecule has 0 fully saturated rings. The van der Waals surface area contributed by atoms with Crippen LogP contribution in [0.15, 0.2) is 77.4 Å². The molecule has 2 heterocycles. The van der Waals surface area contributed by atoms with Gasteiger partial charge >= 0.3 is 0 Å². The topological polar surface area (TPSA) is 65.8 Å². The van der Waals surface area contributed by atoms with E-state index in [-0.39, 0.29) is 17.4 Å². The average Bonchev–Trinajstić information content (AvgIpc) is 3.31. The average molecular weight is 466 g/mol. The molecule has 0 atom stereocenters. The number of carbonyl (C=O) groups excluding carboxylic acids is 1. The zero-order valence-electron chi connectivity index (χ0n) is 15.8. The van der Waals surface area contributed by atoms with Crippen molar-refractivity contribution in [2.24, 2.45) is 4.99 Å². The molecule has 8 heteroatoms. The number of aromatic hydroxyl groups is 1. The smallest absolute Gasteiger partial charge is 0.284 e. The molecule has 0 aliphatic carbocycles. The Labute approximate surface area is 191 Å². The number of hydrogen-bond acceptors (Lipinski definition) is 5. The molecule has 3 aromatic carbocycles. The highest BCUT2D eigenvalue weighted by Gasteiger charge is 2.34. The van der Waals surface area contributed by atoms with Crippen molar-refractivity contribution >= 4 is 67.7 Å². The summed E-state index contributed by atoms with van der Waals surface area (Å²) in [6.45, 7) is 0. The monoisotopic (exact) mass is 465 g/mol. The fraction of sp³-hybridized carbons (Fsp3) is 0. The lowest BCUT2D eigenvalue weighted by atomic mass is 10.1. The highest BCUT2D eigenvalue weighted by Crippen LogP contribution is 2.37. The van der Waals surface area contributed by atoms with E-state index in [9.17, 15) is 9.90 Å². The van der Waals surface area contributed by atoms with Gasteiger partial charge in [0, 0.05) is 11.1 Å². The van der Waals surface area contributed by atoms with Crippen LogP contribution in [0.1, 0.15) is 11.1 Å². The molecule has 1 aliphatic rings. The predicted molar refractivity (Wildman–Crippen MR) is 126 cm³/mol. The lowest BCUT2D eigenvalue weighted by molar-refractivity contribution is -0.113. The lowest BCUT2D eigenvalue weighted by Crippen LogP contribution is -2.32. The molecular weight excluding hydrogens is 453 g/mol. The molecule has 0 unspecified atom stereocenters. The summed E-state index contributed by atoms with van der Waals surface area (Å²) in [6, 6.07) is 19.6. The third-order valence-corrected chi connectivity index (χ3v) is 6.46. The summed E-state index contributed by atoms with van der Waals surface area (Å²) in [5, 5.41) is 11.4. The van der Waals surface area contributed by atoms with E-state index in [0.29, 0.717) is 32.1 Å². The number of aromatic nitrogens is 1. The maximum atomic E-state index is 13.4. The van der Waals surface area contributed by atoms with E-state index in [4.69, 9.17) is 23.2 Å². The van der Waals surface area contributed by atoms with Crippen LogP contribution in [-0.4, -0.2) is 21.8 Å². The normalized spacial score (nSPS) is 15.2. The van der Waals surface area contributed by atoms with Gasteiger partial charge < -0.3 is 5.11 Å². The second kappa shape index (κ2) is 7.81. The number of anilines is 1. The summed E-state index contributed by atoms with van der Waals surface area (Å²) in [7, 11) is 0. The van der Waals surface area contributed by atoms with Gasteiger partial charge in [0.2, 0.25) is 0 Å². The van der Waals surface area contributed by atoms with Crippen LogP contribution in [-0.2, 0) is 4.79 Å². The molecule has 1 aromatic heterocycles. The molecule has 152 valence electrons. The van der Waals surface area contributed by atoms with Crippen LogP contribution in [0.25, 0.3) is 16.3 Å². The van der Waals surface area contributed by atoms with E-state index >= 15 is 0 Å². The Hall–Kier alpha value is -3.19. The predicted octanol–water partition coefficient (Wildman–Crippen LogP) is 6.14. The van der Waals surface area contributed by atoms with Crippen molar-refractivity contribution in [3.8, 4) is 5.75 Å². The second-order valence-electron chi connectivity index (χ2n) is 6.76. The Morgan fingerprint density at radius 3 is 2.45 bits per heavy atom. The number of phenols is 1. The highest BCUT2D eigenvalue weighted by atomic mass is 35.5. The van der Waals surface area contributed by atoms with Gasteiger partial charge in [-0.05, 0) is 24.3 Å². The molecular formula is C23H13Cl2N3O2S. The zero-order chi connectivity index (χ0) is 21.5. The third kappa shape index (κ3) is 3.59. The molecule has 0 bridgehead atoms. The van der Waals surface area contributed by atoms with Crippen molar-refractivity contribution in [1.29, 1.82) is 0 Å². The van der Waals surface area contributed by atoms with E-state index < -0.39 is 0 Å². The number of hydrogen-bond donors (Lipinski definition) is 1. The Morgan fingerprint density at radius 2 is 1.68 bits per heavy atom. The maximum absolute atomic E-state index is 13.4. The summed E-state index contributed by atoms with van der Waals surface area (Å²) in [4.78, 5) is 24.1. The van der Waals surface area contributed by atoms with E-state index in [0.717, 1.165) is 10.3 Å². The van der Waals surface area contributed by atoms with Gasteiger partial charge in [0.15, 0.2) is 5.13 Å². The van der Waals surface area contributed by atoms with Crippen LogP contribution in [0.2, 0.25) is 10.0 Å². The number of fused-ring (bicyclic) bond motifs is 1. The van der Waals surface area contributed by atoms with Gasteiger partial charge in [0.1, 0.15) is 17.3 Å². The number of rotatable bonds is 3. The van der Waals surface area contributed by atoms with Crippen LogP contribution >= 0.6 is 34.5 Å². The molecule has 4 aromatic rings. The van der Waals surface area contributed by atoms with Crippen LogP contribution in [0, 0.1) is 0 Å². The Morgan fingerprint density at radius 1 is 0.968 bits per heavy atom. The summed E-state index contributed by atoms with van der Waals surface area (Å²) in [5.41, 5.74) is 2.13. The zero-order valence-corrected chi connectivity index (χ0v) is 18.1. The standard InChI is InChI=1S/C23H13Cl2N3O2S/c24-15-11-17-20(12-16(15)25)31-23(27-17)28-21(13-6-2-1-3-7-13)26-18(22(28)30)10-14-8-4-5-9-19(14)29/h1-12,29H. The first-order chi connectivity index (χ1) is 15.0. The molecule has 0 radical (unpaired) electrons. The summed E-state index contributed by atoms with van der Waals surface area (Å²) >= 11 is 13.6. The number of aliphatic imine (C=N–C) groups is 1. The SMILES string of the molecule is O=C1C(=Cc2ccccc2O)N=C(c2ccccc2)N1c1nc2cc(Cl)c(Cl)cc2s1. The molecule has 5 nitrogen and oxygen atoms in total. The van der Waals surface area contributed by atoms with E-state index in [1.54, 1.807) is 42.5 Å². The minimum atomic E-state index is -0.335. The number of benzene rings is 3. The second-order valence-corrected chi connectivity index (χ2v) is 8.58. The number of amidine groups is 1. The number of amides is 1. The number of halogens is 2. The van der Waals surface area contributed by atoms with Crippen molar-refractivity contribution in [3.63, 3.8) is 0 Å². The quantitative estimate of drug-likeness (QED) is 0.369. The summed E-state index contributed by atoms with van der Waals surface area (Å²) in [5.74, 6) is 0.198. The Bertz CT molecular complexity index is 1360. The molecule has 31 heavy (non-hydrogen) atoms. The van der Waals surface area contributed by atoms with E-state index in [1.165, 1.54) is 16.2 Å². The first-order valence-corrected chi connectivity index (χ1v) is 10.8. The summed E-state index contributed by atoms with van der Waals surface area (Å²) < 4.78 is 0.808. The van der Waals surface area contributed by atoms with Gasteiger partial charge in [0.25, 0.3) is 5.91 Å². The first-order valence-electron chi connectivity index (χ1n) is 9.25. The third-order valence-electron chi connectivity index (χ3n) is 4.73. The molecule has 0 saturated heterocycles. The maximum Gasteiger partial charge on any atom is 0.284 e. The van der Waals surface area contributed by atoms with Crippen molar-refractivity contribution < 1.29 is 9.90 Å². The molecule has 0 saturated carbocycles. The fourth-order valence-electron chi connectivity index (χ4n) is 3.24. The van der Waals surface area contributed by atoms with Gasteiger partial charge in [-0.15, -0.1) is 0 Å². The Kier molecular flexibility index (Phi) is 4.98. The minimum absolute atomic E-state index is 0.0713. The Balaban J connectivity index is 1.66.